The van der Waals surface area contributed by atoms with E-state index in [0.717, 1.165) is 4.90 Å². The van der Waals surface area contributed by atoms with Crippen molar-refractivity contribution in [3.63, 3.8) is 0 Å². The van der Waals surface area contributed by atoms with Gasteiger partial charge in [-0.2, -0.15) is 0 Å². The van der Waals surface area contributed by atoms with Crippen LogP contribution in [0.4, 0.5) is 0 Å². The van der Waals surface area contributed by atoms with Crippen molar-refractivity contribution < 1.29 is 9.29 Å². The molecular weight excluding hydrogens is 208 g/mol. The Bertz CT molecular complexity index is 282. The molecule has 0 heterocycles. The first-order valence-electron chi connectivity index (χ1n) is 5.12. The molecule has 0 fully saturated rings. The van der Waals surface area contributed by atoms with Crippen LogP contribution in [0.2, 0.25) is 0 Å². The number of rotatable bonds is 5. The molecule has 2 nitrogen and oxygen atoms in total. The molecule has 1 aromatic rings. The molecule has 0 aromatic heterocycles. The highest BCUT2D eigenvalue weighted by molar-refractivity contribution is 7.91. The highest BCUT2D eigenvalue weighted by atomic mass is 32.2. The Morgan fingerprint density at radius 3 is 2.33 bits per heavy atom. The summed E-state index contributed by atoms with van der Waals surface area (Å²) in [6.07, 6.45) is 0. The van der Waals surface area contributed by atoms with Gasteiger partial charge < -0.3 is 9.29 Å². The molecule has 0 N–H and O–H groups in total. The molecule has 0 bridgehead atoms. The van der Waals surface area contributed by atoms with Crippen LogP contribution < -0.4 is 0 Å². The van der Waals surface area contributed by atoms with Crippen molar-refractivity contribution in [2.24, 2.45) is 0 Å². The van der Waals surface area contributed by atoms with Gasteiger partial charge in [0.25, 0.3) is 0 Å². The molecule has 84 valence electrons. The molecule has 0 saturated heterocycles. The summed E-state index contributed by atoms with van der Waals surface area (Å²) in [5.74, 6) is 1.09. The van der Waals surface area contributed by atoms with Crippen LogP contribution in [-0.4, -0.2) is 24.0 Å². The van der Waals surface area contributed by atoms with Crippen molar-refractivity contribution in [3.05, 3.63) is 29.8 Å². The fourth-order valence-corrected chi connectivity index (χ4v) is 2.27. The average Bonchev–Trinajstić information content (AvgIpc) is 2.26. The molecule has 0 radical (unpaired) electrons. The lowest BCUT2D eigenvalue weighted by molar-refractivity contribution is 0.217. The minimum absolute atomic E-state index is 0.520. The van der Waals surface area contributed by atoms with Crippen LogP contribution in [0.5, 0.6) is 0 Å². The number of hydrogen-bond acceptors (Lipinski definition) is 2. The van der Waals surface area contributed by atoms with Crippen LogP contribution in [0.15, 0.2) is 29.2 Å². The van der Waals surface area contributed by atoms with Gasteiger partial charge in [-0.1, -0.05) is 26.0 Å². The van der Waals surface area contributed by atoms with Crippen LogP contribution in [0, 0.1) is 0 Å². The number of benzene rings is 1. The van der Waals surface area contributed by atoms with E-state index >= 15 is 0 Å². The highest BCUT2D eigenvalue weighted by Gasteiger charge is 2.10. The Labute approximate surface area is 94.8 Å². The lowest BCUT2D eigenvalue weighted by atomic mass is 10.0. The van der Waals surface area contributed by atoms with Gasteiger partial charge in [-0.15, -0.1) is 0 Å². The predicted octanol–water partition coefficient (Wildman–Crippen LogP) is 2.56. The molecule has 1 aromatic carbocycles. The third kappa shape index (κ3) is 3.86. The highest BCUT2D eigenvalue weighted by Crippen LogP contribution is 2.17. The third-order valence-corrected chi connectivity index (χ3v) is 3.62. The van der Waals surface area contributed by atoms with Crippen molar-refractivity contribution in [1.29, 1.82) is 0 Å². The second kappa shape index (κ2) is 6.16. The standard InChI is InChI=1S/C12H18O2S/c1-10(2)11-4-6-12(7-5-11)15(13)9-8-14-3/h4-7,10H,8-9H2,1-3H3. The SMILES string of the molecule is COCC[S+]([O-])c1ccc(C(C)C)cc1. The molecule has 0 spiro atoms. The fourth-order valence-electron chi connectivity index (χ4n) is 1.28. The Morgan fingerprint density at radius 1 is 1.27 bits per heavy atom. The second-order valence-electron chi connectivity index (χ2n) is 3.77. The van der Waals surface area contributed by atoms with Crippen molar-refractivity contribution in [2.75, 3.05) is 19.5 Å². The maximum Gasteiger partial charge on any atom is 0.152 e. The molecule has 1 unspecified atom stereocenters. The van der Waals surface area contributed by atoms with E-state index in [1.165, 1.54) is 5.56 Å². The molecule has 1 rings (SSSR count). The van der Waals surface area contributed by atoms with Gasteiger partial charge >= 0.3 is 0 Å². The second-order valence-corrected chi connectivity index (χ2v) is 5.34. The van der Waals surface area contributed by atoms with Gasteiger partial charge in [-0.05, 0) is 34.8 Å². The number of hydrogen-bond donors (Lipinski definition) is 0. The molecule has 0 aliphatic rings. The van der Waals surface area contributed by atoms with Gasteiger partial charge in [0.1, 0.15) is 5.75 Å². The smallest absolute Gasteiger partial charge is 0.152 e. The quantitative estimate of drug-likeness (QED) is 0.723. The molecule has 1 atom stereocenters. The minimum atomic E-state index is -0.930. The van der Waals surface area contributed by atoms with Gasteiger partial charge in [0, 0.05) is 7.11 Å². The lowest BCUT2D eigenvalue weighted by Gasteiger charge is -2.11. The number of ether oxygens (including phenoxy) is 1. The maximum absolute atomic E-state index is 11.7. The van der Waals surface area contributed by atoms with Gasteiger partial charge in [0.05, 0.1) is 6.61 Å². The van der Waals surface area contributed by atoms with Crippen molar-refractivity contribution in [3.8, 4) is 0 Å². The van der Waals surface area contributed by atoms with Crippen molar-refractivity contribution >= 4 is 11.2 Å². The van der Waals surface area contributed by atoms with Crippen LogP contribution in [0.1, 0.15) is 25.3 Å². The number of methoxy groups -OCH3 is 1. The van der Waals surface area contributed by atoms with Gasteiger partial charge in [0.2, 0.25) is 0 Å². The fraction of sp³-hybridized carbons (Fsp3) is 0.500. The third-order valence-electron chi connectivity index (χ3n) is 2.28. The lowest BCUT2D eigenvalue weighted by Crippen LogP contribution is -2.11. The van der Waals surface area contributed by atoms with E-state index in [0.29, 0.717) is 18.3 Å². The summed E-state index contributed by atoms with van der Waals surface area (Å²) < 4.78 is 16.6. The monoisotopic (exact) mass is 226 g/mol. The largest absolute Gasteiger partial charge is 0.611 e. The first-order valence-corrected chi connectivity index (χ1v) is 6.44. The van der Waals surface area contributed by atoms with Crippen molar-refractivity contribution in [2.45, 2.75) is 24.7 Å². The Balaban J connectivity index is 2.62. The average molecular weight is 226 g/mol. The van der Waals surface area contributed by atoms with E-state index in [1.807, 2.05) is 24.3 Å². The summed E-state index contributed by atoms with van der Waals surface area (Å²) >= 11 is -0.930. The van der Waals surface area contributed by atoms with Crippen LogP contribution in [-0.2, 0) is 15.9 Å². The van der Waals surface area contributed by atoms with E-state index in [-0.39, 0.29) is 0 Å². The summed E-state index contributed by atoms with van der Waals surface area (Å²) in [6.45, 7) is 4.84. The van der Waals surface area contributed by atoms with Gasteiger partial charge in [0.15, 0.2) is 4.90 Å². The topological polar surface area (TPSA) is 32.3 Å². The maximum atomic E-state index is 11.7. The Hall–Kier alpha value is -0.510. The molecule has 3 heteroatoms. The van der Waals surface area contributed by atoms with E-state index in [1.54, 1.807) is 7.11 Å². The van der Waals surface area contributed by atoms with Gasteiger partial charge in [-0.25, -0.2) is 0 Å². The molecule has 0 amide bonds. The zero-order valence-corrected chi connectivity index (χ0v) is 10.3. The zero-order chi connectivity index (χ0) is 11.3. The van der Waals surface area contributed by atoms with E-state index < -0.39 is 11.2 Å². The molecule has 15 heavy (non-hydrogen) atoms. The Morgan fingerprint density at radius 2 is 1.87 bits per heavy atom. The van der Waals surface area contributed by atoms with E-state index in [4.69, 9.17) is 4.74 Å². The molecule has 0 aliphatic carbocycles. The molecule has 0 aliphatic heterocycles. The summed E-state index contributed by atoms with van der Waals surface area (Å²) in [5, 5.41) is 0. The van der Waals surface area contributed by atoms with Crippen LogP contribution in [0.25, 0.3) is 0 Å². The summed E-state index contributed by atoms with van der Waals surface area (Å²) in [4.78, 5) is 0.886. The summed E-state index contributed by atoms with van der Waals surface area (Å²) in [6, 6.07) is 7.98. The van der Waals surface area contributed by atoms with Gasteiger partial charge in [-0.3, -0.25) is 0 Å². The van der Waals surface area contributed by atoms with Crippen molar-refractivity contribution in [1.82, 2.24) is 0 Å². The molecular formula is C12H18O2S. The van der Waals surface area contributed by atoms with E-state index in [2.05, 4.69) is 13.8 Å². The minimum Gasteiger partial charge on any atom is -0.611 e. The molecule has 0 saturated carbocycles. The summed E-state index contributed by atoms with van der Waals surface area (Å²) in [7, 11) is 1.62. The van der Waals surface area contributed by atoms with Crippen LogP contribution >= 0.6 is 0 Å². The summed E-state index contributed by atoms with van der Waals surface area (Å²) in [5.41, 5.74) is 1.28. The first kappa shape index (κ1) is 12.6. The predicted molar refractivity (Wildman–Crippen MR) is 63.7 cm³/mol. The Kier molecular flexibility index (Phi) is 5.15. The zero-order valence-electron chi connectivity index (χ0n) is 9.53. The van der Waals surface area contributed by atoms with Crippen LogP contribution in [0.3, 0.4) is 0 Å². The normalized spacial score (nSPS) is 13.1. The first-order chi connectivity index (χ1) is 7.15. The van der Waals surface area contributed by atoms with E-state index in [9.17, 15) is 4.55 Å².